The molecular formula is C64H63Cl9N10O10. The van der Waals surface area contributed by atoms with E-state index in [1.54, 1.807) is 75.6 Å². The number of benzene rings is 4. The molecule has 0 aliphatic heterocycles. The number of hydrogen-bond acceptors (Lipinski definition) is 18. The van der Waals surface area contributed by atoms with E-state index in [4.69, 9.17) is 138 Å². The average Bonchev–Trinajstić information content (AvgIpc) is 0.874. The van der Waals surface area contributed by atoms with E-state index in [0.29, 0.717) is 91.8 Å². The number of nitriles is 2. The number of methoxy groups -OCH3 is 6. The summed E-state index contributed by atoms with van der Waals surface area (Å²) in [7, 11) is 8.93. The minimum atomic E-state index is -0.735. The number of ketones is 2. The van der Waals surface area contributed by atoms with Crippen LogP contribution in [0.25, 0.3) is 0 Å². The molecule has 93 heavy (non-hydrogen) atoms. The minimum Gasteiger partial charge on any atom is -0.481 e. The van der Waals surface area contributed by atoms with Crippen LogP contribution in [0.3, 0.4) is 0 Å². The third-order valence-electron chi connectivity index (χ3n) is 12.6. The van der Waals surface area contributed by atoms with Crippen LogP contribution in [0.1, 0.15) is 156 Å². The third-order valence-corrected chi connectivity index (χ3v) is 14.6. The molecule has 1 unspecified atom stereocenters. The molecule has 0 saturated carbocycles. The van der Waals surface area contributed by atoms with Crippen LogP contribution < -0.4 is 39.7 Å². The van der Waals surface area contributed by atoms with Crippen molar-refractivity contribution in [1.29, 1.82) is 10.5 Å². The van der Waals surface area contributed by atoms with Crippen LogP contribution in [0.5, 0.6) is 35.7 Å². The smallest absolute Gasteiger partial charge is 0.326 e. The molecular weight excluding hydrogens is 1390 g/mol. The van der Waals surface area contributed by atoms with Crippen LogP contribution in [0.2, 0.25) is 45.3 Å². The van der Waals surface area contributed by atoms with Gasteiger partial charge in [-0.15, -0.1) is 0 Å². The fourth-order valence-corrected chi connectivity index (χ4v) is 11.2. The quantitative estimate of drug-likeness (QED) is 0.0633. The Bertz CT molecular complexity index is 4100. The van der Waals surface area contributed by atoms with Crippen LogP contribution in [0, 0.1) is 22.7 Å². The summed E-state index contributed by atoms with van der Waals surface area (Å²) in [5, 5.41) is 21.9. The highest BCUT2D eigenvalue weighted by molar-refractivity contribution is 6.37. The first-order chi connectivity index (χ1) is 43.9. The van der Waals surface area contributed by atoms with E-state index in [1.807, 2.05) is 47.6 Å². The van der Waals surface area contributed by atoms with Gasteiger partial charge in [0, 0.05) is 68.0 Å². The highest BCUT2D eigenvalue weighted by atomic mass is 35.5. The molecule has 4 aromatic carbocycles. The molecule has 29 heteroatoms. The molecule has 8 aromatic rings. The summed E-state index contributed by atoms with van der Waals surface area (Å²) in [5.41, 5.74) is 3.80. The number of halogens is 9. The van der Waals surface area contributed by atoms with Crippen LogP contribution >= 0.6 is 104 Å². The number of H-pyrrole nitrogens is 2. The number of aromatic nitrogens is 8. The molecule has 492 valence electrons. The van der Waals surface area contributed by atoms with E-state index in [0.717, 1.165) is 16.7 Å². The van der Waals surface area contributed by atoms with Crippen LogP contribution in [-0.4, -0.2) is 94.1 Å². The normalized spacial score (nSPS) is 10.8. The molecule has 0 aliphatic carbocycles. The number of carbonyl (C=O) groups excluding carboxylic acids is 2. The zero-order valence-corrected chi connectivity index (χ0v) is 59.4. The Morgan fingerprint density at radius 3 is 1.23 bits per heavy atom. The van der Waals surface area contributed by atoms with Crippen molar-refractivity contribution >= 4 is 116 Å². The Morgan fingerprint density at radius 2 is 0.828 bits per heavy atom. The van der Waals surface area contributed by atoms with Gasteiger partial charge in [-0.2, -0.15) is 40.4 Å². The molecule has 0 aliphatic rings. The van der Waals surface area contributed by atoms with Gasteiger partial charge in [-0.1, -0.05) is 160 Å². The van der Waals surface area contributed by atoms with Crippen molar-refractivity contribution in [2.45, 2.75) is 91.4 Å². The molecule has 0 fully saturated rings. The second-order valence-electron chi connectivity index (χ2n) is 20.6. The minimum absolute atomic E-state index is 0.0236. The van der Waals surface area contributed by atoms with E-state index in [9.17, 15) is 24.4 Å². The molecule has 0 radical (unpaired) electrons. The van der Waals surface area contributed by atoms with E-state index in [2.05, 4.69) is 45.9 Å². The number of hydrogen-bond donors (Lipinski definition) is 2. The molecule has 0 saturated heterocycles. The van der Waals surface area contributed by atoms with Crippen LogP contribution in [0.4, 0.5) is 0 Å². The Kier molecular flexibility index (Phi) is 30.9. The van der Waals surface area contributed by atoms with Crippen molar-refractivity contribution in [1.82, 2.24) is 39.9 Å². The number of nitrogens with zero attached hydrogens (tertiary/aromatic N) is 8. The topological polar surface area (TPSA) is 280 Å². The number of nitrogens with one attached hydrogen (secondary N) is 2. The standard InChI is InChI=1S/C17H17Cl2N3O2.C16H16Cl2N2O3.C14H12Cl2N2O3.C9H13ClN2O2.C8H5Cl2N/c1-9(2)14-15(21-17(24-4)22-16(14)23-3)13(8-20)10-5-11(18)7-12(19)6-10;1-8(2)12-13(19-16(23-4)20-15(12)22-3)14(21)9-5-10(17)7-11(18)6-9;1-6(2)10-11(17-14(21)18-13(10)20)12(19)7-3-8(15)5-9(16)4-7;1-5(2)6-7(10)11-9(14-4)12-8(6)13-3;9-7-3-6(1-2-11)4-8(10)5-7/h5-7,9,13H,1-4H3;5-8H,1-4H3;3-6H,1-2H3,(H2,17,18,20,21);5H,1-4H3;3-5H,1H2. The zero-order chi connectivity index (χ0) is 69.7. The average molecular weight is 1450 g/mol. The van der Waals surface area contributed by atoms with Crippen molar-refractivity contribution < 1.29 is 38.0 Å². The fraction of sp³-hybridized carbons (Fsp3) is 0.312. The highest BCUT2D eigenvalue weighted by Crippen LogP contribution is 2.38. The van der Waals surface area contributed by atoms with Crippen molar-refractivity contribution in [2.75, 3.05) is 42.7 Å². The molecule has 1 atom stereocenters. The summed E-state index contributed by atoms with van der Waals surface area (Å²) < 4.78 is 30.9. The van der Waals surface area contributed by atoms with E-state index < -0.39 is 23.0 Å². The molecule has 0 amide bonds. The summed E-state index contributed by atoms with van der Waals surface area (Å²) in [5.74, 6) is -0.341. The number of carbonyl (C=O) groups is 2. The first-order valence-corrected chi connectivity index (χ1v) is 31.0. The first kappa shape index (κ1) is 78.0. The monoisotopic (exact) mass is 1450 g/mol. The van der Waals surface area contributed by atoms with Gasteiger partial charge in [-0.05, 0) is 108 Å². The predicted octanol–water partition coefficient (Wildman–Crippen LogP) is 16.8. The summed E-state index contributed by atoms with van der Waals surface area (Å²) >= 11 is 53.2. The van der Waals surface area contributed by atoms with E-state index >= 15 is 0 Å². The predicted molar refractivity (Wildman–Crippen MR) is 364 cm³/mol. The maximum absolute atomic E-state index is 12.9. The lowest BCUT2D eigenvalue weighted by atomic mass is 9.90. The lowest BCUT2D eigenvalue weighted by molar-refractivity contribution is 0.102. The molecule has 0 spiro atoms. The summed E-state index contributed by atoms with van der Waals surface area (Å²) in [6, 6.07) is 23.8. The van der Waals surface area contributed by atoms with E-state index in [1.165, 1.54) is 53.7 Å². The maximum atomic E-state index is 12.9. The molecule has 8 rings (SSSR count). The number of ether oxygens (including phenoxy) is 6. The molecule has 4 heterocycles. The molecule has 4 aromatic heterocycles. The second kappa shape index (κ2) is 36.8. The van der Waals surface area contributed by atoms with Gasteiger partial charge in [0.2, 0.25) is 29.2 Å². The van der Waals surface area contributed by atoms with Crippen molar-refractivity contribution in [2.24, 2.45) is 0 Å². The highest BCUT2D eigenvalue weighted by Gasteiger charge is 2.28. The third kappa shape index (κ3) is 22.1. The van der Waals surface area contributed by atoms with Gasteiger partial charge in [-0.25, -0.2) is 4.79 Å². The molecule has 0 bridgehead atoms. The maximum Gasteiger partial charge on any atom is 0.326 e. The molecule has 20 nitrogen and oxygen atoms in total. The Hall–Kier alpha value is -7.47. The Morgan fingerprint density at radius 1 is 0.452 bits per heavy atom. The SMILES string of the molecule is CC(C)c1c(C(=O)c2cc(Cl)cc(Cl)c2)[nH]c(=O)[nH]c1=O.COc1nc(Cl)c(C(C)C)c(OC)n1.COc1nc(OC)c(C(C)C)c(C(=O)c2cc(Cl)cc(Cl)c2)n1.COc1nc(OC)c(C(C)C)c(C(C#N)c2cc(Cl)cc(Cl)c2)n1.N#CCc1cc(Cl)cc(Cl)c1. The van der Waals surface area contributed by atoms with Gasteiger partial charge in [0.05, 0.1) is 78.2 Å². The van der Waals surface area contributed by atoms with Gasteiger partial charge < -0.3 is 33.4 Å². The summed E-state index contributed by atoms with van der Waals surface area (Å²) in [6.45, 7) is 15.3. The number of rotatable bonds is 17. The van der Waals surface area contributed by atoms with Gasteiger partial charge in [0.1, 0.15) is 16.8 Å². The second-order valence-corrected chi connectivity index (χ2v) is 24.4. The van der Waals surface area contributed by atoms with Crippen molar-refractivity contribution in [3.63, 3.8) is 0 Å². The van der Waals surface area contributed by atoms with Crippen LogP contribution in [0.15, 0.2) is 82.4 Å². The van der Waals surface area contributed by atoms with Crippen molar-refractivity contribution in [3.8, 4) is 47.8 Å². The number of aromatic amines is 2. The largest absolute Gasteiger partial charge is 0.481 e. The Labute approximate surface area is 582 Å². The summed E-state index contributed by atoms with van der Waals surface area (Å²) in [6.07, 6.45) is 0.347. The van der Waals surface area contributed by atoms with Gasteiger partial charge in [-0.3, -0.25) is 19.4 Å². The van der Waals surface area contributed by atoms with Gasteiger partial charge in [0.15, 0.2) is 0 Å². The lowest BCUT2D eigenvalue weighted by Crippen LogP contribution is -2.30. The zero-order valence-electron chi connectivity index (χ0n) is 52.6. The molecule has 2 N–H and O–H groups in total. The van der Waals surface area contributed by atoms with Crippen molar-refractivity contribution in [3.05, 3.63) is 201 Å². The fourth-order valence-electron chi connectivity index (χ4n) is 8.68. The first-order valence-electron chi connectivity index (χ1n) is 27.6. The lowest BCUT2D eigenvalue weighted by Gasteiger charge is -2.19. The summed E-state index contributed by atoms with van der Waals surface area (Å²) in [4.78, 5) is 78.3. The van der Waals surface area contributed by atoms with Crippen LogP contribution in [-0.2, 0) is 6.42 Å². The van der Waals surface area contributed by atoms with Gasteiger partial charge in [0.25, 0.3) is 5.56 Å². The van der Waals surface area contributed by atoms with E-state index in [-0.39, 0.29) is 70.0 Å². The van der Waals surface area contributed by atoms with Gasteiger partial charge >= 0.3 is 23.7 Å². The Balaban J connectivity index is 0.000000254.